The van der Waals surface area contributed by atoms with Crippen LogP contribution in [0.15, 0.2) is 12.2 Å². The Hall–Kier alpha value is -0.760. The molecule has 0 spiro atoms. The van der Waals surface area contributed by atoms with Gasteiger partial charge in [0.1, 0.15) is 25.9 Å². The van der Waals surface area contributed by atoms with E-state index in [-0.39, 0.29) is 25.8 Å². The molecule has 0 radical (unpaired) electrons. The molecule has 51 heavy (non-hydrogen) atoms. The van der Waals surface area contributed by atoms with Crippen molar-refractivity contribution >= 4 is 13.8 Å². The minimum absolute atomic E-state index is 0.00251. The van der Waals surface area contributed by atoms with Gasteiger partial charge in [0.2, 0.25) is 0 Å². The van der Waals surface area contributed by atoms with Crippen molar-refractivity contribution in [1.82, 2.24) is 0 Å². The summed E-state index contributed by atoms with van der Waals surface area (Å²) in [6, 6.07) is 0. The van der Waals surface area contributed by atoms with Crippen molar-refractivity contribution in [2.45, 2.75) is 200 Å². The van der Waals surface area contributed by atoms with Crippen molar-refractivity contribution in [3.05, 3.63) is 12.2 Å². The van der Waals surface area contributed by atoms with E-state index in [4.69, 9.17) is 18.5 Å². The van der Waals surface area contributed by atoms with Gasteiger partial charge in [-0.25, -0.2) is 4.57 Å². The summed E-state index contributed by atoms with van der Waals surface area (Å²) >= 11 is 0. The molecule has 0 aliphatic rings. The molecule has 0 aromatic rings. The highest BCUT2D eigenvalue weighted by molar-refractivity contribution is 7.47. The van der Waals surface area contributed by atoms with E-state index in [9.17, 15) is 14.3 Å². The maximum atomic E-state index is 12.5. The summed E-state index contributed by atoms with van der Waals surface area (Å²) < 4.78 is 35.0. The second-order valence-electron chi connectivity index (χ2n) is 15.7. The van der Waals surface area contributed by atoms with Crippen LogP contribution in [0.3, 0.4) is 0 Å². The third-order valence-corrected chi connectivity index (χ3v) is 10.3. The summed E-state index contributed by atoms with van der Waals surface area (Å²) in [5.41, 5.74) is 0. The summed E-state index contributed by atoms with van der Waals surface area (Å²) in [4.78, 5) is 22.6. The number of esters is 1. The van der Waals surface area contributed by atoms with Gasteiger partial charge in [0.05, 0.1) is 27.7 Å². The third-order valence-electron chi connectivity index (χ3n) is 9.36. The molecule has 2 unspecified atom stereocenters. The summed E-state index contributed by atoms with van der Waals surface area (Å²) in [5, 5.41) is 0. The summed E-state index contributed by atoms with van der Waals surface area (Å²) in [7, 11) is 1.72. The van der Waals surface area contributed by atoms with Crippen LogP contribution in [0.2, 0.25) is 0 Å². The van der Waals surface area contributed by atoms with Gasteiger partial charge in [-0.15, -0.1) is 0 Å². The Labute approximate surface area is 316 Å². The molecule has 9 heteroatoms. The molecular formula is C42H85NO7P+. The lowest BCUT2D eigenvalue weighted by Gasteiger charge is -2.24. The van der Waals surface area contributed by atoms with Gasteiger partial charge in [-0.3, -0.25) is 13.8 Å². The monoisotopic (exact) mass is 747 g/mol. The fourth-order valence-electron chi connectivity index (χ4n) is 5.93. The molecule has 0 bridgehead atoms. The lowest BCUT2D eigenvalue weighted by atomic mass is 10.0. The molecule has 8 nitrogen and oxygen atoms in total. The molecule has 0 aromatic heterocycles. The third kappa shape index (κ3) is 40.3. The maximum absolute atomic E-state index is 12.5. The molecule has 1 N–H and O–H groups in total. The highest BCUT2D eigenvalue weighted by atomic mass is 31.2. The highest BCUT2D eigenvalue weighted by Gasteiger charge is 2.25. The molecule has 0 aliphatic carbocycles. The summed E-state index contributed by atoms with van der Waals surface area (Å²) in [5.74, 6) is -0.254. The van der Waals surface area contributed by atoms with Gasteiger partial charge in [-0.1, -0.05) is 161 Å². The van der Waals surface area contributed by atoms with Crippen molar-refractivity contribution in [3.63, 3.8) is 0 Å². The number of nitrogens with zero attached hydrogens (tertiary/aromatic N) is 1. The Bertz CT molecular complexity index is 833. The minimum atomic E-state index is -4.24. The number of hydrogen-bond acceptors (Lipinski definition) is 6. The normalized spacial score (nSPS) is 13.9. The molecule has 304 valence electrons. The van der Waals surface area contributed by atoms with Crippen molar-refractivity contribution in [2.75, 3.05) is 54.1 Å². The van der Waals surface area contributed by atoms with Crippen molar-refractivity contribution in [3.8, 4) is 0 Å². The van der Waals surface area contributed by atoms with Crippen molar-refractivity contribution in [2.24, 2.45) is 0 Å². The van der Waals surface area contributed by atoms with Crippen LogP contribution in [0.1, 0.15) is 194 Å². The van der Waals surface area contributed by atoms with Crippen LogP contribution >= 0.6 is 7.82 Å². The van der Waals surface area contributed by atoms with Gasteiger partial charge in [0, 0.05) is 13.0 Å². The molecule has 0 aromatic carbocycles. The zero-order chi connectivity index (χ0) is 37.7. The minimum Gasteiger partial charge on any atom is -0.463 e. The van der Waals surface area contributed by atoms with E-state index in [1.165, 1.54) is 135 Å². The number of carbonyl (C=O) groups is 1. The number of phosphoric ester groups is 1. The van der Waals surface area contributed by atoms with Gasteiger partial charge in [-0.05, 0) is 38.5 Å². The highest BCUT2D eigenvalue weighted by Crippen LogP contribution is 2.43. The number of allylic oxidation sites excluding steroid dienone is 2. The van der Waals surface area contributed by atoms with Crippen molar-refractivity contribution in [1.29, 1.82) is 0 Å². The Morgan fingerprint density at radius 3 is 1.49 bits per heavy atom. The first-order valence-corrected chi connectivity index (χ1v) is 22.9. The molecule has 0 saturated carbocycles. The number of ether oxygens (including phenoxy) is 2. The number of quaternary nitrogens is 1. The van der Waals surface area contributed by atoms with Gasteiger partial charge >= 0.3 is 13.8 Å². The van der Waals surface area contributed by atoms with E-state index in [1.54, 1.807) is 0 Å². The maximum Gasteiger partial charge on any atom is 0.472 e. The van der Waals surface area contributed by atoms with E-state index in [2.05, 4.69) is 26.0 Å². The number of likely N-dealkylation sites (N-methyl/N-ethyl adjacent to an activating group) is 1. The lowest BCUT2D eigenvalue weighted by molar-refractivity contribution is -0.870. The van der Waals surface area contributed by atoms with Gasteiger partial charge in [-0.2, -0.15) is 0 Å². The van der Waals surface area contributed by atoms with Crippen LogP contribution in [0.25, 0.3) is 0 Å². The van der Waals surface area contributed by atoms with Crippen molar-refractivity contribution < 1.29 is 37.3 Å². The molecular weight excluding hydrogens is 661 g/mol. The van der Waals surface area contributed by atoms with E-state index in [0.717, 1.165) is 38.5 Å². The average Bonchev–Trinajstić information content (AvgIpc) is 3.08. The van der Waals surface area contributed by atoms with Crippen LogP contribution < -0.4 is 0 Å². The largest absolute Gasteiger partial charge is 0.472 e. The zero-order valence-electron chi connectivity index (χ0n) is 34.4. The van der Waals surface area contributed by atoms with E-state index in [0.29, 0.717) is 24.1 Å². The molecule has 0 saturated heterocycles. The predicted octanol–water partition coefficient (Wildman–Crippen LogP) is 12.3. The number of carbonyl (C=O) groups excluding carboxylic acids is 1. The fraction of sp³-hybridized carbons (Fsp3) is 0.929. The van der Waals surface area contributed by atoms with E-state index in [1.807, 2.05) is 21.1 Å². The SMILES string of the molecule is CCCCCCCC/C=C\CCCCCCCCOC(COC(=O)CCCCCCCCCCCCCCC)COP(=O)(O)OCC[N+](C)(C)C. The Morgan fingerprint density at radius 2 is 1.02 bits per heavy atom. The first-order chi connectivity index (χ1) is 24.6. The average molecular weight is 747 g/mol. The molecule has 0 amide bonds. The first-order valence-electron chi connectivity index (χ1n) is 21.4. The first kappa shape index (κ1) is 50.2. The predicted molar refractivity (Wildman–Crippen MR) is 215 cm³/mol. The quantitative estimate of drug-likeness (QED) is 0.0219. The van der Waals surface area contributed by atoms with Gasteiger partial charge in [0.15, 0.2) is 0 Å². The number of unbranched alkanes of at least 4 members (excludes halogenated alkanes) is 24. The van der Waals surface area contributed by atoms with E-state index >= 15 is 0 Å². The Morgan fingerprint density at radius 1 is 0.588 bits per heavy atom. The van der Waals surface area contributed by atoms with E-state index < -0.39 is 13.9 Å². The van der Waals surface area contributed by atoms with Crippen LogP contribution in [0, 0.1) is 0 Å². The molecule has 0 aliphatic heterocycles. The second-order valence-corrected chi connectivity index (χ2v) is 17.2. The Kier molecular flexibility index (Phi) is 35.7. The van der Waals surface area contributed by atoms with Crippen LogP contribution in [0.5, 0.6) is 0 Å². The number of phosphoric acid groups is 1. The molecule has 0 heterocycles. The molecule has 0 rings (SSSR count). The Balaban J connectivity index is 4.23. The topological polar surface area (TPSA) is 91.3 Å². The van der Waals surface area contributed by atoms with Crippen LogP contribution in [0.4, 0.5) is 0 Å². The standard InChI is InChI=1S/C42H84NO7P/c1-6-8-10-12-14-16-18-20-21-22-24-26-28-30-32-34-37-47-41(40-50-51(45,46)49-38-36-43(3,4)5)39-48-42(44)35-33-31-29-27-25-23-19-17-15-13-11-9-7-2/h20-21,41H,6-19,22-40H2,1-5H3/p+1/b21-20-. The summed E-state index contributed by atoms with van der Waals surface area (Å²) in [6.45, 7) is 5.52. The second kappa shape index (κ2) is 36.2. The molecule has 2 atom stereocenters. The van der Waals surface area contributed by atoms with Gasteiger partial charge < -0.3 is 18.9 Å². The number of hydrogen-bond donors (Lipinski definition) is 1. The smallest absolute Gasteiger partial charge is 0.463 e. The fourth-order valence-corrected chi connectivity index (χ4v) is 6.68. The zero-order valence-corrected chi connectivity index (χ0v) is 35.3. The lowest BCUT2D eigenvalue weighted by Crippen LogP contribution is -2.37. The summed E-state index contributed by atoms with van der Waals surface area (Å²) in [6.07, 6.45) is 38.2. The van der Waals surface area contributed by atoms with Gasteiger partial charge in [0.25, 0.3) is 0 Å². The van der Waals surface area contributed by atoms with Crippen LogP contribution in [-0.2, 0) is 27.9 Å². The van der Waals surface area contributed by atoms with Crippen LogP contribution in [-0.4, -0.2) is 75.6 Å². The molecule has 0 fully saturated rings. The number of rotatable bonds is 40.